The zero-order valence-corrected chi connectivity index (χ0v) is 11.4. The van der Waals surface area contributed by atoms with E-state index in [-0.39, 0.29) is 15.6 Å². The molecule has 0 atom stereocenters. The van der Waals surface area contributed by atoms with E-state index in [9.17, 15) is 13.2 Å². The van der Waals surface area contributed by atoms with Crippen molar-refractivity contribution >= 4 is 27.5 Å². The average Bonchev–Trinajstić information content (AvgIpc) is 2.28. The van der Waals surface area contributed by atoms with Gasteiger partial charge in [-0.25, -0.2) is 13.1 Å². The molecule has 0 aromatic heterocycles. The molecule has 0 saturated heterocycles. The van der Waals surface area contributed by atoms with Crippen molar-refractivity contribution in [1.82, 2.24) is 4.72 Å². The second-order valence-corrected chi connectivity index (χ2v) is 5.59. The fourth-order valence-corrected chi connectivity index (χ4v) is 2.69. The highest BCUT2D eigenvalue weighted by Crippen LogP contribution is 2.20. The maximum Gasteiger partial charge on any atom is 0.277 e. The van der Waals surface area contributed by atoms with Gasteiger partial charge in [-0.05, 0) is 19.1 Å². The van der Waals surface area contributed by atoms with Gasteiger partial charge in [0, 0.05) is 5.70 Å². The van der Waals surface area contributed by atoms with Crippen molar-refractivity contribution < 1.29 is 13.2 Å². The summed E-state index contributed by atoms with van der Waals surface area (Å²) in [5, 5.41) is 8.69. The molecular weight excluding hydrogens is 290 g/mol. The number of halogens is 1. The van der Waals surface area contributed by atoms with Crippen molar-refractivity contribution in [2.24, 2.45) is 5.73 Å². The number of hydrogen-bond acceptors (Lipinski definition) is 5. The van der Waals surface area contributed by atoms with Crippen LogP contribution < -0.4 is 10.5 Å². The van der Waals surface area contributed by atoms with Gasteiger partial charge < -0.3 is 5.73 Å². The Hall–Kier alpha value is -2.04. The van der Waals surface area contributed by atoms with Crippen molar-refractivity contribution in [3.8, 4) is 6.07 Å². The van der Waals surface area contributed by atoms with Crippen molar-refractivity contribution in [2.75, 3.05) is 0 Å². The van der Waals surface area contributed by atoms with E-state index >= 15 is 0 Å². The van der Waals surface area contributed by atoms with Gasteiger partial charge in [0.1, 0.15) is 16.5 Å². The van der Waals surface area contributed by atoms with Gasteiger partial charge in [-0.3, -0.25) is 4.79 Å². The second kappa shape index (κ2) is 5.73. The number of rotatable bonds is 3. The minimum absolute atomic E-state index is 0.0326. The Morgan fingerprint density at radius 1 is 1.42 bits per heavy atom. The van der Waals surface area contributed by atoms with Gasteiger partial charge in [-0.15, -0.1) is 0 Å². The summed E-state index contributed by atoms with van der Waals surface area (Å²) in [5.41, 5.74) is 4.77. The van der Waals surface area contributed by atoms with Crippen LogP contribution in [0.3, 0.4) is 0 Å². The Kier molecular flexibility index (Phi) is 4.53. The van der Waals surface area contributed by atoms with E-state index in [0.29, 0.717) is 0 Å². The van der Waals surface area contributed by atoms with Gasteiger partial charge in [0.25, 0.3) is 15.9 Å². The van der Waals surface area contributed by atoms with Crippen LogP contribution in [0.5, 0.6) is 0 Å². The molecule has 0 aliphatic rings. The molecule has 100 valence electrons. The number of nitriles is 1. The molecule has 0 heterocycles. The van der Waals surface area contributed by atoms with E-state index in [1.54, 1.807) is 10.8 Å². The first-order valence-electron chi connectivity index (χ1n) is 4.97. The van der Waals surface area contributed by atoms with E-state index in [1.165, 1.54) is 31.2 Å². The van der Waals surface area contributed by atoms with Crippen LogP contribution in [0.4, 0.5) is 0 Å². The predicted molar refractivity (Wildman–Crippen MR) is 69.3 cm³/mol. The quantitative estimate of drug-likeness (QED) is 0.636. The molecule has 0 fully saturated rings. The summed E-state index contributed by atoms with van der Waals surface area (Å²) in [6.45, 7) is 1.32. The third-order valence-corrected chi connectivity index (χ3v) is 3.92. The predicted octanol–water partition coefficient (Wildman–Crippen LogP) is 0.901. The second-order valence-electron chi connectivity index (χ2n) is 3.53. The van der Waals surface area contributed by atoms with E-state index in [4.69, 9.17) is 22.6 Å². The number of nitrogens with zero attached hydrogens (tertiary/aromatic N) is 1. The monoisotopic (exact) mass is 299 g/mol. The topological polar surface area (TPSA) is 113 Å². The van der Waals surface area contributed by atoms with E-state index < -0.39 is 21.5 Å². The standard InChI is InChI=1S/C11H10ClN3O3S/c1-7(14)8(6-13)11(16)15-19(17,18)10-5-3-2-4-9(10)12/h2-5H,14H2,1H3,(H,15,16)/b8-7-. The third-order valence-electron chi connectivity index (χ3n) is 2.09. The molecular formula is C11H10ClN3O3S. The van der Waals surface area contributed by atoms with Crippen LogP contribution in [0.25, 0.3) is 0 Å². The highest BCUT2D eigenvalue weighted by atomic mass is 35.5. The van der Waals surface area contributed by atoms with Crippen LogP contribution in [-0.4, -0.2) is 14.3 Å². The molecule has 1 aromatic carbocycles. The zero-order chi connectivity index (χ0) is 14.6. The number of sulfonamides is 1. The van der Waals surface area contributed by atoms with Crippen LogP contribution in [0.15, 0.2) is 40.4 Å². The summed E-state index contributed by atoms with van der Waals surface area (Å²) in [6, 6.07) is 7.15. The van der Waals surface area contributed by atoms with Gasteiger partial charge in [0.2, 0.25) is 0 Å². The van der Waals surface area contributed by atoms with Crippen LogP contribution >= 0.6 is 11.6 Å². The van der Waals surface area contributed by atoms with Crippen LogP contribution in [0.2, 0.25) is 5.02 Å². The lowest BCUT2D eigenvalue weighted by Gasteiger charge is -2.08. The third kappa shape index (κ3) is 3.47. The Balaban J connectivity index is 3.14. The molecule has 0 radical (unpaired) electrons. The molecule has 0 aliphatic heterocycles. The molecule has 1 amide bonds. The van der Waals surface area contributed by atoms with Gasteiger partial charge in [-0.1, -0.05) is 23.7 Å². The van der Waals surface area contributed by atoms with Gasteiger partial charge in [0.15, 0.2) is 0 Å². The normalized spacial score (nSPS) is 12.3. The number of nitrogens with one attached hydrogen (secondary N) is 1. The first-order chi connectivity index (χ1) is 8.79. The van der Waals surface area contributed by atoms with Crippen molar-refractivity contribution in [3.05, 3.63) is 40.6 Å². The molecule has 8 heteroatoms. The van der Waals surface area contributed by atoms with Crippen molar-refractivity contribution in [3.63, 3.8) is 0 Å². The Labute approximate surface area is 115 Å². The van der Waals surface area contributed by atoms with Gasteiger partial charge in [0.05, 0.1) is 5.02 Å². The van der Waals surface area contributed by atoms with E-state index in [2.05, 4.69) is 0 Å². The highest BCUT2D eigenvalue weighted by Gasteiger charge is 2.23. The van der Waals surface area contributed by atoms with Gasteiger partial charge >= 0.3 is 0 Å². The molecule has 1 aromatic rings. The fraction of sp³-hybridized carbons (Fsp3) is 0.0909. The summed E-state index contributed by atoms with van der Waals surface area (Å²) in [5.74, 6) is -1.09. The Morgan fingerprint density at radius 3 is 2.47 bits per heavy atom. The molecule has 0 saturated carbocycles. The number of allylic oxidation sites excluding steroid dienone is 1. The number of carbonyl (C=O) groups excluding carboxylic acids is 1. The largest absolute Gasteiger partial charge is 0.401 e. The summed E-state index contributed by atoms with van der Waals surface area (Å²) in [7, 11) is -4.15. The fourth-order valence-electron chi connectivity index (χ4n) is 1.21. The first kappa shape index (κ1) is 15.0. The summed E-state index contributed by atoms with van der Waals surface area (Å²) in [6.07, 6.45) is 0. The smallest absolute Gasteiger partial charge is 0.277 e. The summed E-state index contributed by atoms with van der Waals surface area (Å²) >= 11 is 5.74. The SMILES string of the molecule is C/C(N)=C(\C#N)C(=O)NS(=O)(=O)c1ccccc1Cl. The minimum atomic E-state index is -4.15. The Bertz CT molecular complexity index is 685. The van der Waals surface area contributed by atoms with Crippen molar-refractivity contribution in [1.29, 1.82) is 5.26 Å². The maximum absolute atomic E-state index is 11.9. The molecule has 3 N–H and O–H groups in total. The van der Waals surface area contributed by atoms with Crippen LogP contribution in [0, 0.1) is 11.3 Å². The lowest BCUT2D eigenvalue weighted by atomic mass is 10.2. The zero-order valence-electron chi connectivity index (χ0n) is 9.84. The van der Waals surface area contributed by atoms with Crippen LogP contribution in [-0.2, 0) is 14.8 Å². The lowest BCUT2D eigenvalue weighted by molar-refractivity contribution is -0.115. The summed E-state index contributed by atoms with van der Waals surface area (Å²) in [4.78, 5) is 11.4. The van der Waals surface area contributed by atoms with Crippen molar-refractivity contribution in [2.45, 2.75) is 11.8 Å². The number of benzene rings is 1. The number of nitrogens with two attached hydrogens (primary N) is 1. The van der Waals surface area contributed by atoms with E-state index in [0.717, 1.165) is 0 Å². The summed E-state index contributed by atoms with van der Waals surface area (Å²) < 4.78 is 25.6. The van der Waals surface area contributed by atoms with E-state index in [1.807, 2.05) is 0 Å². The molecule has 0 spiro atoms. The minimum Gasteiger partial charge on any atom is -0.401 e. The molecule has 19 heavy (non-hydrogen) atoms. The highest BCUT2D eigenvalue weighted by molar-refractivity contribution is 7.90. The molecule has 0 bridgehead atoms. The average molecular weight is 300 g/mol. The number of carbonyl (C=O) groups is 1. The number of hydrogen-bond donors (Lipinski definition) is 2. The molecule has 6 nitrogen and oxygen atoms in total. The number of amides is 1. The molecule has 0 unspecified atom stereocenters. The maximum atomic E-state index is 11.9. The molecule has 0 aliphatic carbocycles. The van der Waals surface area contributed by atoms with Crippen LogP contribution in [0.1, 0.15) is 6.92 Å². The first-order valence-corrected chi connectivity index (χ1v) is 6.84. The lowest BCUT2D eigenvalue weighted by Crippen LogP contribution is -2.32. The van der Waals surface area contributed by atoms with Gasteiger partial charge in [-0.2, -0.15) is 5.26 Å². The Morgan fingerprint density at radius 2 is 2.00 bits per heavy atom. The molecule has 1 rings (SSSR count).